The van der Waals surface area contributed by atoms with Gasteiger partial charge in [-0.3, -0.25) is 4.79 Å². The number of nitrogen functional groups attached to an aromatic ring is 1. The molecular formula is C10H9ClN4OS. The highest BCUT2D eigenvalue weighted by Gasteiger charge is 2.09. The average Bonchev–Trinajstić information content (AvgIpc) is 2.74. The maximum absolute atomic E-state index is 11.7. The Balaban J connectivity index is 1.99. The molecule has 0 fully saturated rings. The van der Waals surface area contributed by atoms with E-state index in [1.807, 2.05) is 0 Å². The number of anilines is 1. The Morgan fingerprint density at radius 1 is 1.47 bits per heavy atom. The number of nitrogens with zero attached hydrogens (tertiary/aromatic N) is 2. The Kier molecular flexibility index (Phi) is 3.55. The Morgan fingerprint density at radius 3 is 2.94 bits per heavy atom. The minimum atomic E-state index is -0.182. The van der Waals surface area contributed by atoms with Crippen molar-refractivity contribution >= 4 is 34.7 Å². The SMILES string of the molecule is Nc1nnccc1CNC(=O)c1ccc(Cl)s1. The van der Waals surface area contributed by atoms with E-state index in [0.29, 0.717) is 21.6 Å². The van der Waals surface area contributed by atoms with Gasteiger partial charge in [0, 0.05) is 12.1 Å². The van der Waals surface area contributed by atoms with Gasteiger partial charge in [-0.05, 0) is 18.2 Å². The van der Waals surface area contributed by atoms with Crippen molar-refractivity contribution in [3.63, 3.8) is 0 Å². The Bertz CT molecular complexity index is 543. The van der Waals surface area contributed by atoms with Gasteiger partial charge in [-0.2, -0.15) is 5.10 Å². The molecule has 0 aliphatic carbocycles. The molecule has 0 aliphatic heterocycles. The fraction of sp³-hybridized carbons (Fsp3) is 0.100. The van der Waals surface area contributed by atoms with Crippen molar-refractivity contribution in [1.82, 2.24) is 15.5 Å². The molecule has 2 aromatic rings. The van der Waals surface area contributed by atoms with Crippen molar-refractivity contribution in [2.45, 2.75) is 6.54 Å². The first-order valence-corrected chi connectivity index (χ1v) is 5.96. The summed E-state index contributed by atoms with van der Waals surface area (Å²) in [4.78, 5) is 12.3. The van der Waals surface area contributed by atoms with Gasteiger partial charge in [-0.15, -0.1) is 16.4 Å². The summed E-state index contributed by atoms with van der Waals surface area (Å²) in [6.07, 6.45) is 1.53. The summed E-state index contributed by atoms with van der Waals surface area (Å²) in [5.41, 5.74) is 6.34. The molecule has 0 atom stereocenters. The number of hydrogen-bond donors (Lipinski definition) is 2. The van der Waals surface area contributed by atoms with Crippen LogP contribution in [-0.4, -0.2) is 16.1 Å². The van der Waals surface area contributed by atoms with Crippen molar-refractivity contribution in [1.29, 1.82) is 0 Å². The number of thiophene rings is 1. The normalized spacial score (nSPS) is 10.2. The lowest BCUT2D eigenvalue weighted by Gasteiger charge is -2.04. The summed E-state index contributed by atoms with van der Waals surface area (Å²) in [5.74, 6) is 0.134. The molecule has 3 N–H and O–H groups in total. The second-order valence-corrected chi connectivity index (χ2v) is 4.94. The Hall–Kier alpha value is -1.66. The molecule has 0 spiro atoms. The topological polar surface area (TPSA) is 80.9 Å². The number of halogens is 1. The molecule has 2 aromatic heterocycles. The predicted molar refractivity (Wildman–Crippen MR) is 66.9 cm³/mol. The summed E-state index contributed by atoms with van der Waals surface area (Å²) in [5, 5.41) is 10.1. The molecule has 0 bridgehead atoms. The van der Waals surface area contributed by atoms with Crippen molar-refractivity contribution in [3.05, 3.63) is 39.2 Å². The minimum Gasteiger partial charge on any atom is -0.382 e. The molecule has 1 amide bonds. The second-order valence-electron chi connectivity index (χ2n) is 3.23. The summed E-state index contributed by atoms with van der Waals surface area (Å²) in [6.45, 7) is 0.315. The van der Waals surface area contributed by atoms with Crippen LogP contribution in [0.25, 0.3) is 0 Å². The van der Waals surface area contributed by atoms with Crippen LogP contribution < -0.4 is 11.1 Å². The maximum Gasteiger partial charge on any atom is 0.261 e. The predicted octanol–water partition coefficient (Wildman–Crippen LogP) is 1.70. The van der Waals surface area contributed by atoms with Crippen LogP contribution in [-0.2, 0) is 6.54 Å². The van der Waals surface area contributed by atoms with Crippen LogP contribution in [0.2, 0.25) is 4.34 Å². The summed E-state index contributed by atoms with van der Waals surface area (Å²) >= 11 is 6.98. The molecule has 0 saturated heterocycles. The van der Waals surface area contributed by atoms with E-state index >= 15 is 0 Å². The van der Waals surface area contributed by atoms with Gasteiger partial charge in [-0.25, -0.2) is 0 Å². The van der Waals surface area contributed by atoms with Crippen LogP contribution in [0.5, 0.6) is 0 Å². The standard InChI is InChI=1S/C10H9ClN4OS/c11-8-2-1-7(17-8)10(16)13-5-6-3-4-14-15-9(6)12/h1-4H,5H2,(H2,12,15)(H,13,16). The van der Waals surface area contributed by atoms with E-state index in [1.165, 1.54) is 17.5 Å². The first kappa shape index (κ1) is 11.8. The summed E-state index contributed by atoms with van der Waals surface area (Å²) in [7, 11) is 0. The van der Waals surface area contributed by atoms with Crippen LogP contribution in [0.15, 0.2) is 24.4 Å². The van der Waals surface area contributed by atoms with E-state index in [0.717, 1.165) is 5.56 Å². The fourth-order valence-electron chi connectivity index (χ4n) is 1.22. The fourth-order valence-corrected chi connectivity index (χ4v) is 2.18. The second kappa shape index (κ2) is 5.11. The first-order valence-electron chi connectivity index (χ1n) is 4.76. The van der Waals surface area contributed by atoms with Gasteiger partial charge in [0.15, 0.2) is 5.82 Å². The lowest BCUT2D eigenvalue weighted by Crippen LogP contribution is -2.22. The molecule has 0 saturated carbocycles. The zero-order valence-corrected chi connectivity index (χ0v) is 10.3. The van der Waals surface area contributed by atoms with Gasteiger partial charge in [0.1, 0.15) is 0 Å². The van der Waals surface area contributed by atoms with Crippen LogP contribution >= 0.6 is 22.9 Å². The number of nitrogens with one attached hydrogen (secondary N) is 1. The quantitative estimate of drug-likeness (QED) is 0.888. The molecule has 0 unspecified atom stereocenters. The molecular weight excluding hydrogens is 260 g/mol. The van der Waals surface area contributed by atoms with Gasteiger partial charge in [0.05, 0.1) is 15.4 Å². The lowest BCUT2D eigenvalue weighted by molar-refractivity contribution is 0.0955. The minimum absolute atomic E-state index is 0.182. The van der Waals surface area contributed by atoms with Crippen molar-refractivity contribution in [2.75, 3.05) is 5.73 Å². The summed E-state index contributed by atoms with van der Waals surface area (Å²) in [6, 6.07) is 5.07. The number of rotatable bonds is 3. The molecule has 7 heteroatoms. The molecule has 88 valence electrons. The molecule has 0 aromatic carbocycles. The smallest absolute Gasteiger partial charge is 0.261 e. The van der Waals surface area contributed by atoms with Crippen LogP contribution in [0.3, 0.4) is 0 Å². The zero-order valence-electron chi connectivity index (χ0n) is 8.68. The third-order valence-corrected chi connectivity index (χ3v) is 3.30. The largest absolute Gasteiger partial charge is 0.382 e. The molecule has 0 radical (unpaired) electrons. The maximum atomic E-state index is 11.7. The van der Waals surface area contributed by atoms with Gasteiger partial charge >= 0.3 is 0 Å². The molecule has 2 rings (SSSR count). The third-order valence-electron chi connectivity index (χ3n) is 2.07. The summed E-state index contributed by atoms with van der Waals surface area (Å²) < 4.78 is 0.584. The van der Waals surface area contributed by atoms with Gasteiger partial charge in [0.2, 0.25) is 0 Å². The van der Waals surface area contributed by atoms with E-state index in [4.69, 9.17) is 17.3 Å². The number of nitrogens with two attached hydrogens (primary N) is 1. The third kappa shape index (κ3) is 2.92. The Morgan fingerprint density at radius 2 is 2.29 bits per heavy atom. The lowest BCUT2D eigenvalue weighted by atomic mass is 10.3. The first-order chi connectivity index (χ1) is 8.16. The van der Waals surface area contributed by atoms with Gasteiger partial charge in [0.25, 0.3) is 5.91 Å². The van der Waals surface area contributed by atoms with Crippen molar-refractivity contribution in [2.24, 2.45) is 0 Å². The monoisotopic (exact) mass is 268 g/mol. The highest BCUT2D eigenvalue weighted by molar-refractivity contribution is 7.17. The highest BCUT2D eigenvalue weighted by atomic mass is 35.5. The molecule has 0 aliphatic rings. The number of amides is 1. The van der Waals surface area contributed by atoms with E-state index in [9.17, 15) is 4.79 Å². The van der Waals surface area contributed by atoms with E-state index in [2.05, 4.69) is 15.5 Å². The van der Waals surface area contributed by atoms with Gasteiger partial charge < -0.3 is 11.1 Å². The number of aromatic nitrogens is 2. The number of carbonyl (C=O) groups is 1. The van der Waals surface area contributed by atoms with Gasteiger partial charge in [-0.1, -0.05) is 11.6 Å². The van der Waals surface area contributed by atoms with E-state index in [-0.39, 0.29) is 5.91 Å². The van der Waals surface area contributed by atoms with Crippen molar-refractivity contribution < 1.29 is 4.79 Å². The van der Waals surface area contributed by atoms with Crippen LogP contribution in [0, 0.1) is 0 Å². The van der Waals surface area contributed by atoms with Crippen LogP contribution in [0.1, 0.15) is 15.2 Å². The van der Waals surface area contributed by atoms with E-state index < -0.39 is 0 Å². The molecule has 2 heterocycles. The molecule has 5 nitrogen and oxygen atoms in total. The number of carbonyl (C=O) groups excluding carboxylic acids is 1. The zero-order chi connectivity index (χ0) is 12.3. The highest BCUT2D eigenvalue weighted by Crippen LogP contribution is 2.21. The average molecular weight is 269 g/mol. The number of hydrogen-bond acceptors (Lipinski definition) is 5. The molecule has 17 heavy (non-hydrogen) atoms. The van der Waals surface area contributed by atoms with Crippen molar-refractivity contribution in [3.8, 4) is 0 Å². The van der Waals surface area contributed by atoms with Crippen LogP contribution in [0.4, 0.5) is 5.82 Å². The van der Waals surface area contributed by atoms with E-state index in [1.54, 1.807) is 18.2 Å². The Labute approximate surface area is 107 Å².